The number of rotatable bonds is 6. The Kier molecular flexibility index (Phi) is 10.7. The number of nitrogens with zero attached hydrogens (tertiary/aromatic N) is 1. The maximum Gasteiger partial charge on any atom is 0.255 e. The number of fused-ring (bicyclic) bond motifs is 1. The second-order valence-electron chi connectivity index (χ2n) is 10.9. The van der Waals surface area contributed by atoms with E-state index in [-0.39, 0.29) is 23.8 Å². The molecule has 0 radical (unpaired) electrons. The highest BCUT2D eigenvalue weighted by atomic mass is 19.1. The second-order valence-corrected chi connectivity index (χ2v) is 10.9. The first-order valence-corrected chi connectivity index (χ1v) is 14.8. The third-order valence-electron chi connectivity index (χ3n) is 7.66. The van der Waals surface area contributed by atoms with Crippen LogP contribution < -0.4 is 10.1 Å². The first-order valence-electron chi connectivity index (χ1n) is 14.8. The van der Waals surface area contributed by atoms with Crippen LogP contribution in [0, 0.1) is 5.82 Å². The van der Waals surface area contributed by atoms with Crippen LogP contribution in [-0.2, 0) is 24.1 Å². The normalized spacial score (nSPS) is 19.0. The van der Waals surface area contributed by atoms with Crippen LogP contribution in [0.3, 0.4) is 0 Å². The Bertz CT molecular complexity index is 1380. The zero-order chi connectivity index (χ0) is 29.0. The van der Waals surface area contributed by atoms with Gasteiger partial charge in [0.15, 0.2) is 0 Å². The quantitative estimate of drug-likeness (QED) is 0.291. The lowest BCUT2D eigenvalue weighted by molar-refractivity contribution is 0.0819. The fourth-order valence-corrected chi connectivity index (χ4v) is 5.42. The van der Waals surface area contributed by atoms with E-state index in [2.05, 4.69) is 46.6 Å². The Labute approximate surface area is 248 Å². The molecule has 1 amide bonds. The van der Waals surface area contributed by atoms with Crippen molar-refractivity contribution in [3.63, 3.8) is 0 Å². The number of hydrogen-bond donors (Lipinski definition) is 1. The van der Waals surface area contributed by atoms with E-state index in [1.54, 1.807) is 0 Å². The van der Waals surface area contributed by atoms with Gasteiger partial charge in [0.1, 0.15) is 18.2 Å². The van der Waals surface area contributed by atoms with Crippen molar-refractivity contribution in [1.82, 2.24) is 10.2 Å². The van der Waals surface area contributed by atoms with Crippen molar-refractivity contribution in [2.45, 2.75) is 44.3 Å². The molecule has 0 fully saturated rings. The predicted octanol–water partition coefficient (Wildman–Crippen LogP) is 6.47. The average Bonchev–Trinajstić information content (AvgIpc) is 3.02. The molecule has 5 nitrogen and oxygen atoms in total. The fourth-order valence-electron chi connectivity index (χ4n) is 5.42. The molecule has 218 valence electrons. The van der Waals surface area contributed by atoms with Gasteiger partial charge >= 0.3 is 0 Å². The van der Waals surface area contributed by atoms with Crippen LogP contribution in [0.4, 0.5) is 4.39 Å². The summed E-state index contributed by atoms with van der Waals surface area (Å²) in [5, 5.41) is 3.20. The molecule has 1 aliphatic rings. The monoisotopic (exact) mass is 566 g/mol. The van der Waals surface area contributed by atoms with Crippen LogP contribution in [-0.4, -0.2) is 49.3 Å². The SMILES string of the molecule is O=C1N[C@@H](Cc2ccccc2)COCCCCN(Cc2ccc(F)cc2)[C@@H](Cc2ccccc2)COc2ccccc21. The van der Waals surface area contributed by atoms with Gasteiger partial charge in [-0.1, -0.05) is 84.9 Å². The number of benzene rings is 4. The molecule has 0 spiro atoms. The summed E-state index contributed by atoms with van der Waals surface area (Å²) < 4.78 is 26.3. The van der Waals surface area contributed by atoms with E-state index in [1.807, 2.05) is 60.7 Å². The number of hydrogen-bond acceptors (Lipinski definition) is 4. The highest BCUT2D eigenvalue weighted by Gasteiger charge is 2.23. The highest BCUT2D eigenvalue weighted by molar-refractivity contribution is 5.97. The molecule has 6 heteroatoms. The van der Waals surface area contributed by atoms with Gasteiger partial charge in [0, 0.05) is 19.2 Å². The maximum atomic E-state index is 13.7. The number of carbonyl (C=O) groups excluding carboxylic acids is 1. The van der Waals surface area contributed by atoms with Crippen molar-refractivity contribution in [2.24, 2.45) is 0 Å². The Balaban J connectivity index is 1.40. The van der Waals surface area contributed by atoms with E-state index in [1.165, 1.54) is 17.7 Å². The number of halogens is 1. The summed E-state index contributed by atoms with van der Waals surface area (Å²) in [7, 11) is 0. The van der Waals surface area contributed by atoms with Gasteiger partial charge in [-0.15, -0.1) is 0 Å². The lowest BCUT2D eigenvalue weighted by Crippen LogP contribution is -2.41. The minimum Gasteiger partial charge on any atom is -0.491 e. The number of amides is 1. The smallest absolute Gasteiger partial charge is 0.255 e. The van der Waals surface area contributed by atoms with Gasteiger partial charge in [-0.3, -0.25) is 9.69 Å². The average molecular weight is 567 g/mol. The molecule has 0 aromatic heterocycles. The number of ether oxygens (including phenoxy) is 2. The van der Waals surface area contributed by atoms with Gasteiger partial charge in [-0.2, -0.15) is 0 Å². The number of carbonyl (C=O) groups is 1. The minimum absolute atomic E-state index is 0.0328. The summed E-state index contributed by atoms with van der Waals surface area (Å²) in [6.07, 6.45) is 3.30. The molecule has 0 aliphatic carbocycles. The fraction of sp³-hybridized carbons (Fsp3) is 0.306. The van der Waals surface area contributed by atoms with Crippen molar-refractivity contribution < 1.29 is 18.7 Å². The van der Waals surface area contributed by atoms with Crippen LogP contribution in [0.15, 0.2) is 109 Å². The molecule has 0 unspecified atom stereocenters. The lowest BCUT2D eigenvalue weighted by Gasteiger charge is -2.32. The highest BCUT2D eigenvalue weighted by Crippen LogP contribution is 2.22. The van der Waals surface area contributed by atoms with Gasteiger partial charge in [0.2, 0.25) is 0 Å². The van der Waals surface area contributed by atoms with Gasteiger partial charge in [-0.05, 0) is 73.2 Å². The van der Waals surface area contributed by atoms with E-state index in [4.69, 9.17) is 9.47 Å². The second kappa shape index (κ2) is 15.3. The van der Waals surface area contributed by atoms with Crippen LogP contribution in [0.5, 0.6) is 5.75 Å². The molecule has 42 heavy (non-hydrogen) atoms. The van der Waals surface area contributed by atoms with Crippen LogP contribution in [0.2, 0.25) is 0 Å². The Morgan fingerprint density at radius 1 is 0.738 bits per heavy atom. The van der Waals surface area contributed by atoms with Gasteiger partial charge < -0.3 is 14.8 Å². The molecular weight excluding hydrogens is 527 g/mol. The summed E-state index contributed by atoms with van der Waals surface area (Å²) in [5.41, 5.74) is 3.92. The zero-order valence-electron chi connectivity index (χ0n) is 24.0. The van der Waals surface area contributed by atoms with Crippen LogP contribution in [0.25, 0.3) is 0 Å². The predicted molar refractivity (Wildman–Crippen MR) is 164 cm³/mol. The molecule has 5 rings (SSSR count). The van der Waals surface area contributed by atoms with Crippen molar-refractivity contribution in [3.8, 4) is 5.75 Å². The van der Waals surface area contributed by atoms with Gasteiger partial charge in [0.05, 0.1) is 18.2 Å². The van der Waals surface area contributed by atoms with Crippen LogP contribution >= 0.6 is 0 Å². The summed E-state index contributed by atoms with van der Waals surface area (Å²) in [6, 6.07) is 34.6. The number of nitrogens with one attached hydrogen (secondary N) is 1. The van der Waals surface area contributed by atoms with E-state index < -0.39 is 0 Å². The first kappa shape index (κ1) is 29.5. The molecule has 1 heterocycles. The van der Waals surface area contributed by atoms with Crippen LogP contribution in [0.1, 0.15) is 39.9 Å². The third-order valence-corrected chi connectivity index (χ3v) is 7.66. The molecule has 4 aromatic carbocycles. The Morgan fingerprint density at radius 3 is 2.14 bits per heavy atom. The summed E-state index contributed by atoms with van der Waals surface area (Å²) in [5.74, 6) is 0.148. The van der Waals surface area contributed by atoms with E-state index >= 15 is 0 Å². The molecule has 0 bridgehead atoms. The van der Waals surface area contributed by atoms with Crippen molar-refractivity contribution in [1.29, 1.82) is 0 Å². The zero-order valence-corrected chi connectivity index (χ0v) is 24.0. The number of para-hydroxylation sites is 1. The molecule has 1 N–H and O–H groups in total. The summed E-state index contributed by atoms with van der Waals surface area (Å²) in [4.78, 5) is 16.0. The molecular formula is C36H39FN2O3. The summed E-state index contributed by atoms with van der Waals surface area (Å²) in [6.45, 7) is 2.96. The molecule has 0 saturated heterocycles. The molecule has 2 atom stereocenters. The van der Waals surface area contributed by atoms with E-state index in [9.17, 15) is 9.18 Å². The topological polar surface area (TPSA) is 50.8 Å². The standard InChI is InChI=1S/C36H39FN2O3/c37-31-19-17-30(18-20-31)25-39-21-9-10-22-41-26-32(23-28-11-3-1-4-12-28)38-36(40)34-15-7-8-16-35(34)42-27-33(39)24-29-13-5-2-6-14-29/h1-8,11-20,32-33H,9-10,21-27H2,(H,38,40)/t32-,33-/m0/s1. The largest absolute Gasteiger partial charge is 0.491 e. The van der Waals surface area contributed by atoms with Crippen molar-refractivity contribution in [3.05, 3.63) is 137 Å². The Hall–Kier alpha value is -4.00. The summed E-state index contributed by atoms with van der Waals surface area (Å²) >= 11 is 0. The first-order chi connectivity index (χ1) is 20.6. The van der Waals surface area contributed by atoms with Gasteiger partial charge in [-0.25, -0.2) is 4.39 Å². The van der Waals surface area contributed by atoms with Crippen molar-refractivity contribution in [2.75, 3.05) is 26.4 Å². The maximum absolute atomic E-state index is 13.7. The van der Waals surface area contributed by atoms with Gasteiger partial charge in [0.25, 0.3) is 5.91 Å². The third kappa shape index (κ3) is 8.75. The van der Waals surface area contributed by atoms with E-state index in [0.29, 0.717) is 44.1 Å². The minimum atomic E-state index is -0.238. The van der Waals surface area contributed by atoms with E-state index in [0.717, 1.165) is 36.9 Å². The molecule has 4 aromatic rings. The van der Waals surface area contributed by atoms with Crippen molar-refractivity contribution >= 4 is 5.91 Å². The Morgan fingerprint density at radius 2 is 1.40 bits per heavy atom. The lowest BCUT2D eigenvalue weighted by atomic mass is 10.0. The molecule has 1 aliphatic heterocycles. The molecule has 0 saturated carbocycles.